The summed E-state index contributed by atoms with van der Waals surface area (Å²) in [6.07, 6.45) is 2.30. The average molecular weight is 273 g/mol. The van der Waals surface area contributed by atoms with Crippen LogP contribution in [-0.4, -0.2) is 42.6 Å². The van der Waals surface area contributed by atoms with Gasteiger partial charge in [-0.1, -0.05) is 6.42 Å². The van der Waals surface area contributed by atoms with Gasteiger partial charge in [0.05, 0.1) is 0 Å². The Balaban J connectivity index is 3.02. The molecular weight excluding hydrogens is 256 g/mol. The van der Waals surface area contributed by atoms with E-state index in [0.29, 0.717) is 19.4 Å². The molecule has 1 unspecified atom stereocenters. The number of piperidine rings is 1. The van der Waals surface area contributed by atoms with Crippen LogP contribution in [0.2, 0.25) is 0 Å². The fraction of sp³-hybridized carbons (Fsp3) is 1.00. The van der Waals surface area contributed by atoms with Crippen LogP contribution in [0.15, 0.2) is 0 Å². The van der Waals surface area contributed by atoms with Gasteiger partial charge in [-0.2, -0.15) is 0 Å². The number of hydrogen-bond donors (Lipinski definition) is 4. The van der Waals surface area contributed by atoms with Crippen molar-refractivity contribution < 1.29 is 28.7 Å². The van der Waals surface area contributed by atoms with E-state index in [-0.39, 0.29) is 6.04 Å². The van der Waals surface area contributed by atoms with Gasteiger partial charge in [-0.15, -0.1) is 0 Å². The van der Waals surface area contributed by atoms with Crippen LogP contribution in [-0.2, 0) is 9.13 Å². The predicted octanol–water partition coefficient (Wildman–Crippen LogP) is 0.500. The van der Waals surface area contributed by atoms with E-state index in [1.54, 1.807) is 6.92 Å². The molecule has 0 amide bonds. The molecule has 0 aliphatic carbocycles. The van der Waals surface area contributed by atoms with Gasteiger partial charge in [0.15, 0.2) is 0 Å². The van der Waals surface area contributed by atoms with Gasteiger partial charge in [0.25, 0.3) is 0 Å². The lowest BCUT2D eigenvalue weighted by Crippen LogP contribution is -2.44. The lowest BCUT2D eigenvalue weighted by Gasteiger charge is -2.39. The lowest BCUT2D eigenvalue weighted by molar-refractivity contribution is 0.143. The normalized spacial score (nSPS) is 25.0. The van der Waals surface area contributed by atoms with Crippen molar-refractivity contribution in [1.82, 2.24) is 4.90 Å². The van der Waals surface area contributed by atoms with Crippen LogP contribution in [0.4, 0.5) is 0 Å². The van der Waals surface area contributed by atoms with E-state index in [9.17, 15) is 9.13 Å². The van der Waals surface area contributed by atoms with Crippen molar-refractivity contribution in [3.63, 3.8) is 0 Å². The van der Waals surface area contributed by atoms with E-state index < -0.39 is 20.7 Å². The van der Waals surface area contributed by atoms with Crippen LogP contribution in [0, 0.1) is 0 Å². The zero-order valence-corrected chi connectivity index (χ0v) is 10.7. The monoisotopic (exact) mass is 273 g/mol. The van der Waals surface area contributed by atoms with Gasteiger partial charge >= 0.3 is 15.2 Å². The van der Waals surface area contributed by atoms with E-state index in [1.807, 2.05) is 0 Å². The Kier molecular flexibility index (Phi) is 4.35. The summed E-state index contributed by atoms with van der Waals surface area (Å²) in [5.41, 5.74) is -1.99. The maximum absolute atomic E-state index is 11.2. The Morgan fingerprint density at radius 2 is 1.62 bits per heavy atom. The van der Waals surface area contributed by atoms with Crippen LogP contribution < -0.4 is 0 Å². The van der Waals surface area contributed by atoms with Crippen molar-refractivity contribution in [3.8, 4) is 0 Å². The molecule has 1 rings (SSSR count). The van der Waals surface area contributed by atoms with Crippen LogP contribution in [0.3, 0.4) is 0 Å². The standard InChI is InChI=1S/C7H17NO6P2/c1-6-4-2-3-5-8(6)7(15(9,10)11)16(12,13)14/h6-7H,2-5H2,1H3,(H2,9,10,11)(H2,12,13,14). The smallest absolute Gasteiger partial charge is 0.323 e. The van der Waals surface area contributed by atoms with Gasteiger partial charge in [-0.3, -0.25) is 14.0 Å². The SMILES string of the molecule is CC1CCCCN1C(P(=O)(O)O)P(=O)(O)O. The Labute approximate surface area is 93.8 Å². The summed E-state index contributed by atoms with van der Waals surface area (Å²) in [5.74, 6) is 0. The third-order valence-electron chi connectivity index (χ3n) is 2.75. The Bertz CT molecular complexity index is 314. The van der Waals surface area contributed by atoms with Crippen LogP contribution in [0.5, 0.6) is 0 Å². The molecule has 96 valence electrons. The molecule has 0 spiro atoms. The minimum Gasteiger partial charge on any atom is -0.323 e. The highest BCUT2D eigenvalue weighted by molar-refractivity contribution is 7.70. The van der Waals surface area contributed by atoms with E-state index >= 15 is 0 Å². The minimum absolute atomic E-state index is 0.223. The minimum atomic E-state index is -4.84. The van der Waals surface area contributed by atoms with E-state index in [4.69, 9.17) is 19.6 Å². The first kappa shape index (κ1) is 14.3. The third-order valence-corrected chi connectivity index (χ3v) is 6.35. The molecule has 0 aromatic carbocycles. The molecule has 1 heterocycles. The molecule has 16 heavy (non-hydrogen) atoms. The summed E-state index contributed by atoms with van der Waals surface area (Å²) in [5, 5.41) is 0. The lowest BCUT2D eigenvalue weighted by atomic mass is 10.1. The number of rotatable bonds is 3. The molecule has 1 fully saturated rings. The average Bonchev–Trinajstić information content (AvgIpc) is 2.03. The van der Waals surface area contributed by atoms with Gasteiger partial charge in [-0.05, 0) is 26.3 Å². The number of nitrogens with zero attached hydrogens (tertiary/aromatic N) is 1. The molecule has 1 aliphatic rings. The first-order valence-corrected chi connectivity index (χ1v) is 8.36. The van der Waals surface area contributed by atoms with Crippen LogP contribution >= 0.6 is 15.2 Å². The Hall–Kier alpha value is 0.260. The molecule has 0 saturated carbocycles. The number of hydrogen-bond acceptors (Lipinski definition) is 3. The summed E-state index contributed by atoms with van der Waals surface area (Å²) < 4.78 is 22.4. The second-order valence-corrected chi connectivity index (χ2v) is 7.85. The summed E-state index contributed by atoms with van der Waals surface area (Å²) >= 11 is 0. The predicted molar refractivity (Wildman–Crippen MR) is 57.9 cm³/mol. The third kappa shape index (κ3) is 3.37. The zero-order valence-electron chi connectivity index (χ0n) is 8.93. The molecule has 9 heteroatoms. The van der Waals surface area contributed by atoms with Gasteiger partial charge in [0.1, 0.15) is 0 Å². The fourth-order valence-electron chi connectivity index (χ4n) is 2.05. The molecule has 0 bridgehead atoms. The van der Waals surface area contributed by atoms with Gasteiger partial charge in [-0.25, -0.2) is 0 Å². The molecule has 4 N–H and O–H groups in total. The van der Waals surface area contributed by atoms with Crippen molar-refractivity contribution in [2.24, 2.45) is 0 Å². The first-order chi connectivity index (χ1) is 7.14. The van der Waals surface area contributed by atoms with Gasteiger partial charge in [0, 0.05) is 6.04 Å². The Morgan fingerprint density at radius 1 is 1.12 bits per heavy atom. The summed E-state index contributed by atoms with van der Waals surface area (Å²) in [7, 11) is -9.68. The molecule has 1 atom stereocenters. The van der Waals surface area contributed by atoms with E-state index in [1.165, 1.54) is 4.90 Å². The van der Waals surface area contributed by atoms with E-state index in [2.05, 4.69) is 0 Å². The molecule has 1 aliphatic heterocycles. The highest BCUT2D eigenvalue weighted by Gasteiger charge is 2.49. The number of likely N-dealkylation sites (tertiary alicyclic amines) is 1. The molecule has 1 saturated heterocycles. The highest BCUT2D eigenvalue weighted by atomic mass is 31.2. The fourth-order valence-corrected chi connectivity index (χ4v) is 5.07. The van der Waals surface area contributed by atoms with Crippen molar-refractivity contribution in [2.45, 2.75) is 37.8 Å². The maximum Gasteiger partial charge on any atom is 0.354 e. The summed E-state index contributed by atoms with van der Waals surface area (Å²) in [6.45, 7) is 2.03. The zero-order chi connectivity index (χ0) is 12.6. The second kappa shape index (κ2) is 4.86. The van der Waals surface area contributed by atoms with Crippen molar-refractivity contribution in [3.05, 3.63) is 0 Å². The highest BCUT2D eigenvalue weighted by Crippen LogP contribution is 2.61. The molecule has 7 nitrogen and oxygen atoms in total. The van der Waals surface area contributed by atoms with Gasteiger partial charge in [0.2, 0.25) is 5.52 Å². The van der Waals surface area contributed by atoms with Crippen molar-refractivity contribution in [2.75, 3.05) is 6.54 Å². The summed E-state index contributed by atoms with van der Waals surface area (Å²) in [4.78, 5) is 37.5. The molecule has 0 aromatic heterocycles. The van der Waals surface area contributed by atoms with Crippen LogP contribution in [0.1, 0.15) is 26.2 Å². The Morgan fingerprint density at radius 3 is 2.00 bits per heavy atom. The van der Waals surface area contributed by atoms with Crippen LogP contribution in [0.25, 0.3) is 0 Å². The van der Waals surface area contributed by atoms with Gasteiger partial charge < -0.3 is 19.6 Å². The quantitative estimate of drug-likeness (QED) is 0.553. The maximum atomic E-state index is 11.2. The largest absolute Gasteiger partial charge is 0.354 e. The molecular formula is C7H17NO6P2. The topological polar surface area (TPSA) is 118 Å². The molecule has 0 radical (unpaired) electrons. The van der Waals surface area contributed by atoms with Crippen molar-refractivity contribution in [1.29, 1.82) is 0 Å². The first-order valence-electron chi connectivity index (χ1n) is 5.00. The van der Waals surface area contributed by atoms with E-state index in [0.717, 1.165) is 6.42 Å². The van der Waals surface area contributed by atoms with Crippen molar-refractivity contribution >= 4 is 15.2 Å². The molecule has 0 aromatic rings. The summed E-state index contributed by atoms with van der Waals surface area (Å²) in [6, 6.07) is -0.223. The second-order valence-electron chi connectivity index (χ2n) is 4.11.